The molecule has 1 heterocycles. The van der Waals surface area contributed by atoms with Crippen molar-refractivity contribution in [2.24, 2.45) is 0 Å². The highest BCUT2D eigenvalue weighted by molar-refractivity contribution is 9.10. The first-order valence-electron chi connectivity index (χ1n) is 4.49. The van der Waals surface area contributed by atoms with Gasteiger partial charge in [-0.1, -0.05) is 0 Å². The molecule has 1 aromatic rings. The molecule has 0 spiro atoms. The molecule has 1 saturated heterocycles. The minimum absolute atomic E-state index is 0.0786. The van der Waals surface area contributed by atoms with Crippen LogP contribution in [0.2, 0.25) is 0 Å². The summed E-state index contributed by atoms with van der Waals surface area (Å²) in [5.74, 6) is -1.19. The van der Waals surface area contributed by atoms with E-state index in [1.165, 1.54) is 6.07 Å². The van der Waals surface area contributed by atoms with Crippen molar-refractivity contribution in [2.75, 3.05) is 18.0 Å². The number of halogens is 3. The number of Topliss-reactive ketones (excluding diaryl/α,β-unsaturated/α-hetero) is 1. The number of carbonyl (C=O) groups is 1. The predicted molar refractivity (Wildman–Crippen MR) is 55.9 cm³/mol. The number of carbonyl (C=O) groups excluding carboxylic acids is 1. The zero-order chi connectivity index (χ0) is 11.0. The molecule has 1 aliphatic rings. The average molecular weight is 276 g/mol. The second-order valence-corrected chi connectivity index (χ2v) is 4.28. The van der Waals surface area contributed by atoms with E-state index in [1.54, 1.807) is 4.90 Å². The van der Waals surface area contributed by atoms with Crippen LogP contribution >= 0.6 is 15.9 Å². The Balaban J connectivity index is 2.36. The Morgan fingerprint density at radius 1 is 1.27 bits per heavy atom. The fourth-order valence-electron chi connectivity index (χ4n) is 1.59. The second kappa shape index (κ2) is 3.89. The first-order chi connectivity index (χ1) is 7.08. The van der Waals surface area contributed by atoms with Crippen LogP contribution in [0.5, 0.6) is 0 Å². The van der Waals surface area contributed by atoms with Gasteiger partial charge in [-0.05, 0) is 22.0 Å². The van der Waals surface area contributed by atoms with Crippen molar-refractivity contribution < 1.29 is 13.6 Å². The quantitative estimate of drug-likeness (QED) is 0.734. The van der Waals surface area contributed by atoms with Crippen LogP contribution < -0.4 is 4.90 Å². The Morgan fingerprint density at radius 2 is 2.00 bits per heavy atom. The highest BCUT2D eigenvalue weighted by Crippen LogP contribution is 2.28. The molecule has 5 heteroatoms. The summed E-state index contributed by atoms with van der Waals surface area (Å²) in [6.07, 6.45) is 0.425. The molecule has 0 bridgehead atoms. The van der Waals surface area contributed by atoms with Crippen LogP contribution in [0.3, 0.4) is 0 Å². The molecule has 0 aromatic heterocycles. The van der Waals surface area contributed by atoms with Gasteiger partial charge in [0.2, 0.25) is 0 Å². The molecule has 1 aliphatic heterocycles. The number of ketones is 1. The summed E-state index contributed by atoms with van der Waals surface area (Å²) in [6, 6.07) is 2.19. The van der Waals surface area contributed by atoms with Crippen molar-refractivity contribution in [2.45, 2.75) is 6.42 Å². The molecule has 1 aromatic carbocycles. The lowest BCUT2D eigenvalue weighted by atomic mass is 10.2. The first-order valence-corrected chi connectivity index (χ1v) is 5.28. The van der Waals surface area contributed by atoms with Crippen molar-refractivity contribution >= 4 is 27.4 Å². The number of benzene rings is 1. The summed E-state index contributed by atoms with van der Waals surface area (Å²) < 4.78 is 26.6. The fraction of sp³-hybridized carbons (Fsp3) is 0.300. The van der Waals surface area contributed by atoms with E-state index in [4.69, 9.17) is 0 Å². The minimum Gasteiger partial charge on any atom is -0.361 e. The van der Waals surface area contributed by atoms with Gasteiger partial charge in [0, 0.05) is 19.0 Å². The number of hydrogen-bond donors (Lipinski definition) is 0. The molecule has 0 amide bonds. The van der Waals surface area contributed by atoms with E-state index in [2.05, 4.69) is 15.9 Å². The smallest absolute Gasteiger partial charge is 0.153 e. The van der Waals surface area contributed by atoms with Gasteiger partial charge < -0.3 is 4.90 Å². The molecular weight excluding hydrogens is 268 g/mol. The van der Waals surface area contributed by atoms with Gasteiger partial charge in [-0.15, -0.1) is 0 Å². The summed E-state index contributed by atoms with van der Waals surface area (Å²) in [6.45, 7) is 0.697. The highest BCUT2D eigenvalue weighted by atomic mass is 79.9. The number of anilines is 1. The Bertz CT molecular complexity index is 422. The van der Waals surface area contributed by atoms with E-state index >= 15 is 0 Å². The lowest BCUT2D eigenvalue weighted by molar-refractivity contribution is -0.116. The molecule has 0 atom stereocenters. The van der Waals surface area contributed by atoms with Gasteiger partial charge in [0.25, 0.3) is 0 Å². The summed E-state index contributed by atoms with van der Waals surface area (Å²) in [4.78, 5) is 12.7. The fourth-order valence-corrected chi connectivity index (χ4v) is 1.92. The topological polar surface area (TPSA) is 20.3 Å². The zero-order valence-electron chi connectivity index (χ0n) is 7.77. The third kappa shape index (κ3) is 2.02. The molecule has 80 valence electrons. The minimum atomic E-state index is -0.637. The Morgan fingerprint density at radius 3 is 2.60 bits per heavy atom. The largest absolute Gasteiger partial charge is 0.361 e. The Hall–Kier alpha value is -0.970. The van der Waals surface area contributed by atoms with E-state index in [0.29, 0.717) is 13.0 Å². The van der Waals surface area contributed by atoms with Gasteiger partial charge in [-0.3, -0.25) is 4.79 Å². The van der Waals surface area contributed by atoms with Crippen LogP contribution in [0.1, 0.15) is 6.42 Å². The lowest BCUT2D eigenvalue weighted by Gasteiger charge is -2.17. The molecule has 0 aliphatic carbocycles. The molecule has 1 fully saturated rings. The van der Waals surface area contributed by atoms with Gasteiger partial charge in [0.1, 0.15) is 11.6 Å². The molecule has 0 radical (unpaired) electrons. The van der Waals surface area contributed by atoms with E-state index < -0.39 is 11.6 Å². The van der Waals surface area contributed by atoms with Crippen molar-refractivity contribution in [3.05, 3.63) is 28.2 Å². The van der Waals surface area contributed by atoms with Crippen LogP contribution in [-0.2, 0) is 4.79 Å². The summed E-state index contributed by atoms with van der Waals surface area (Å²) in [7, 11) is 0. The van der Waals surface area contributed by atoms with Crippen LogP contribution in [0.4, 0.5) is 14.5 Å². The molecule has 0 N–H and O–H groups in total. The Kier molecular flexibility index (Phi) is 2.73. The zero-order valence-corrected chi connectivity index (χ0v) is 9.35. The molecule has 2 nitrogen and oxygen atoms in total. The number of nitrogens with zero attached hydrogens (tertiary/aromatic N) is 1. The maximum atomic E-state index is 13.4. The van der Waals surface area contributed by atoms with Crippen LogP contribution in [0, 0.1) is 11.6 Å². The van der Waals surface area contributed by atoms with Crippen molar-refractivity contribution in [1.82, 2.24) is 0 Å². The standard InChI is InChI=1S/C10H8BrF2NO/c11-7-3-10(9(13)4-8(7)12)14-2-1-6(15)5-14/h3-4H,1-2,5H2. The third-order valence-electron chi connectivity index (χ3n) is 2.36. The summed E-state index contributed by atoms with van der Waals surface area (Å²) >= 11 is 2.99. The number of hydrogen-bond acceptors (Lipinski definition) is 2. The molecule has 15 heavy (non-hydrogen) atoms. The van der Waals surface area contributed by atoms with Crippen LogP contribution in [0.15, 0.2) is 16.6 Å². The van der Waals surface area contributed by atoms with Gasteiger partial charge in [-0.2, -0.15) is 0 Å². The highest BCUT2D eigenvalue weighted by Gasteiger charge is 2.22. The van der Waals surface area contributed by atoms with Crippen molar-refractivity contribution in [1.29, 1.82) is 0 Å². The van der Waals surface area contributed by atoms with Crippen molar-refractivity contribution in [3.8, 4) is 0 Å². The molecule has 2 rings (SSSR count). The molecular formula is C10H8BrF2NO. The monoisotopic (exact) mass is 275 g/mol. The average Bonchev–Trinajstić information content (AvgIpc) is 2.58. The predicted octanol–water partition coefficient (Wildman–Crippen LogP) is 2.51. The SMILES string of the molecule is O=C1CCN(c2cc(Br)c(F)cc2F)C1. The Labute approximate surface area is 94.0 Å². The van der Waals surface area contributed by atoms with Gasteiger partial charge in [0.15, 0.2) is 5.78 Å². The normalized spacial score (nSPS) is 16.2. The molecule has 0 unspecified atom stereocenters. The van der Waals surface area contributed by atoms with Gasteiger partial charge in [0.05, 0.1) is 16.7 Å². The lowest BCUT2D eigenvalue weighted by Crippen LogP contribution is -2.20. The van der Waals surface area contributed by atoms with E-state index in [1.807, 2.05) is 0 Å². The second-order valence-electron chi connectivity index (χ2n) is 3.43. The maximum Gasteiger partial charge on any atom is 0.153 e. The van der Waals surface area contributed by atoms with E-state index in [0.717, 1.165) is 6.07 Å². The first kappa shape index (κ1) is 10.5. The molecule has 0 saturated carbocycles. The summed E-state index contributed by atoms with van der Waals surface area (Å²) in [5.41, 5.74) is 0.272. The van der Waals surface area contributed by atoms with Crippen LogP contribution in [0.25, 0.3) is 0 Å². The van der Waals surface area contributed by atoms with Crippen molar-refractivity contribution in [3.63, 3.8) is 0 Å². The third-order valence-corrected chi connectivity index (χ3v) is 2.97. The van der Waals surface area contributed by atoms with Gasteiger partial charge >= 0.3 is 0 Å². The van der Waals surface area contributed by atoms with E-state index in [-0.39, 0.29) is 22.5 Å². The van der Waals surface area contributed by atoms with E-state index in [9.17, 15) is 13.6 Å². The maximum absolute atomic E-state index is 13.4. The van der Waals surface area contributed by atoms with Gasteiger partial charge in [-0.25, -0.2) is 8.78 Å². The van der Waals surface area contributed by atoms with Crippen LogP contribution in [-0.4, -0.2) is 18.9 Å². The number of rotatable bonds is 1. The summed E-state index contributed by atoms with van der Waals surface area (Å²) in [5, 5.41) is 0.